The Labute approximate surface area is 160 Å². The Morgan fingerprint density at radius 2 is 1.85 bits per heavy atom. The molecule has 0 atom stereocenters. The smallest absolute Gasteiger partial charge is 0.253 e. The van der Waals surface area contributed by atoms with Crippen LogP contribution in [-0.4, -0.2) is 29.9 Å². The molecular formula is C20H17ClFN3O2. The van der Waals surface area contributed by atoms with E-state index in [0.29, 0.717) is 21.7 Å². The van der Waals surface area contributed by atoms with Crippen LogP contribution in [0.4, 0.5) is 4.39 Å². The summed E-state index contributed by atoms with van der Waals surface area (Å²) in [6, 6.07) is 12.8. The van der Waals surface area contributed by atoms with E-state index in [1.165, 1.54) is 12.1 Å². The third-order valence-electron chi connectivity index (χ3n) is 3.90. The number of aromatic nitrogens is 1. The van der Waals surface area contributed by atoms with Gasteiger partial charge in [0.15, 0.2) is 0 Å². The van der Waals surface area contributed by atoms with Gasteiger partial charge in [-0.05, 0) is 35.9 Å². The minimum absolute atomic E-state index is 0.0779. The fourth-order valence-corrected chi connectivity index (χ4v) is 2.92. The first-order valence-corrected chi connectivity index (χ1v) is 8.74. The van der Waals surface area contributed by atoms with Crippen LogP contribution in [-0.2, 0) is 11.2 Å². The molecule has 138 valence electrons. The maximum Gasteiger partial charge on any atom is 0.253 e. The molecule has 5 nitrogen and oxygen atoms in total. The Hall–Kier alpha value is -2.99. The summed E-state index contributed by atoms with van der Waals surface area (Å²) >= 11 is 6.07. The predicted octanol–water partition coefficient (Wildman–Crippen LogP) is 3.12. The number of rotatable bonds is 6. The summed E-state index contributed by atoms with van der Waals surface area (Å²) in [6.07, 6.45) is 1.69. The van der Waals surface area contributed by atoms with Gasteiger partial charge in [0.05, 0.1) is 17.5 Å². The molecule has 0 unspecified atom stereocenters. The summed E-state index contributed by atoms with van der Waals surface area (Å²) in [5.74, 6) is -0.944. The molecule has 1 aromatic heterocycles. The van der Waals surface area contributed by atoms with E-state index in [9.17, 15) is 14.0 Å². The Morgan fingerprint density at radius 1 is 1.04 bits per heavy atom. The Morgan fingerprint density at radius 3 is 2.67 bits per heavy atom. The first-order chi connectivity index (χ1) is 13.0. The normalized spacial score (nSPS) is 10.6. The lowest BCUT2D eigenvalue weighted by molar-refractivity contribution is -0.120. The zero-order valence-electron chi connectivity index (χ0n) is 14.3. The molecule has 0 aliphatic heterocycles. The number of hydrogen-bond donors (Lipinski definition) is 2. The number of pyridine rings is 1. The zero-order chi connectivity index (χ0) is 19.2. The summed E-state index contributed by atoms with van der Waals surface area (Å²) in [6.45, 7) is 0.500. The minimum Gasteiger partial charge on any atom is -0.354 e. The molecule has 0 saturated heterocycles. The summed E-state index contributed by atoms with van der Waals surface area (Å²) in [5, 5.41) is 6.65. The zero-order valence-corrected chi connectivity index (χ0v) is 15.1. The molecule has 2 N–H and O–H groups in total. The molecule has 3 rings (SSSR count). The van der Waals surface area contributed by atoms with Crippen LogP contribution in [0, 0.1) is 5.82 Å². The van der Waals surface area contributed by atoms with Gasteiger partial charge in [-0.3, -0.25) is 14.6 Å². The van der Waals surface area contributed by atoms with Gasteiger partial charge in [0, 0.05) is 29.7 Å². The standard InChI is InChI=1S/C20H17ClFN3O2/c21-15-11-14-4-2-6-24-19(14)17(12-15)20(27)25-8-7-23-18(26)10-13-3-1-5-16(22)9-13/h1-6,9,11-12H,7-8,10H2,(H,23,26)(H,25,27). The molecule has 2 amide bonds. The van der Waals surface area contributed by atoms with Crippen LogP contribution in [0.5, 0.6) is 0 Å². The lowest BCUT2D eigenvalue weighted by Crippen LogP contribution is -2.35. The quantitative estimate of drug-likeness (QED) is 0.640. The largest absolute Gasteiger partial charge is 0.354 e. The van der Waals surface area contributed by atoms with Crippen molar-refractivity contribution in [3.05, 3.63) is 76.7 Å². The van der Waals surface area contributed by atoms with E-state index in [4.69, 9.17) is 11.6 Å². The van der Waals surface area contributed by atoms with Crippen LogP contribution < -0.4 is 10.6 Å². The maximum atomic E-state index is 13.1. The van der Waals surface area contributed by atoms with Crippen molar-refractivity contribution in [2.75, 3.05) is 13.1 Å². The molecule has 1 heterocycles. The highest BCUT2D eigenvalue weighted by Crippen LogP contribution is 2.22. The number of hydrogen-bond acceptors (Lipinski definition) is 3. The van der Waals surface area contributed by atoms with Crippen LogP contribution in [0.15, 0.2) is 54.7 Å². The first-order valence-electron chi connectivity index (χ1n) is 8.36. The van der Waals surface area contributed by atoms with Gasteiger partial charge in [0.1, 0.15) is 5.82 Å². The van der Waals surface area contributed by atoms with Crippen molar-refractivity contribution >= 4 is 34.3 Å². The summed E-state index contributed by atoms with van der Waals surface area (Å²) < 4.78 is 13.1. The number of carbonyl (C=O) groups is 2. The molecule has 0 bridgehead atoms. The number of benzene rings is 2. The van der Waals surface area contributed by atoms with Crippen molar-refractivity contribution in [2.24, 2.45) is 0 Å². The SMILES string of the molecule is O=C(Cc1cccc(F)c1)NCCNC(=O)c1cc(Cl)cc2cccnc12. The molecule has 7 heteroatoms. The van der Waals surface area contributed by atoms with Gasteiger partial charge < -0.3 is 10.6 Å². The van der Waals surface area contributed by atoms with Gasteiger partial charge in [-0.25, -0.2) is 4.39 Å². The Kier molecular flexibility index (Phi) is 5.98. The maximum absolute atomic E-state index is 13.1. The van der Waals surface area contributed by atoms with Crippen molar-refractivity contribution in [3.8, 4) is 0 Å². The first kappa shape index (κ1) is 18.8. The molecule has 0 aliphatic carbocycles. The van der Waals surface area contributed by atoms with Gasteiger partial charge in [-0.1, -0.05) is 29.8 Å². The molecule has 0 spiro atoms. The molecule has 0 saturated carbocycles. The molecule has 0 fully saturated rings. The highest BCUT2D eigenvalue weighted by molar-refractivity contribution is 6.32. The lowest BCUT2D eigenvalue weighted by atomic mass is 10.1. The van der Waals surface area contributed by atoms with Crippen LogP contribution in [0.2, 0.25) is 5.02 Å². The lowest BCUT2D eigenvalue weighted by Gasteiger charge is -2.09. The highest BCUT2D eigenvalue weighted by atomic mass is 35.5. The van der Waals surface area contributed by atoms with E-state index in [1.54, 1.807) is 36.5 Å². The number of fused-ring (bicyclic) bond motifs is 1. The van der Waals surface area contributed by atoms with E-state index in [1.807, 2.05) is 6.07 Å². The van der Waals surface area contributed by atoms with E-state index in [0.717, 1.165) is 5.39 Å². The number of nitrogens with one attached hydrogen (secondary N) is 2. The molecule has 0 radical (unpaired) electrons. The van der Waals surface area contributed by atoms with Crippen molar-refractivity contribution in [1.82, 2.24) is 15.6 Å². The third kappa shape index (κ3) is 5.01. The second kappa shape index (κ2) is 8.60. The van der Waals surface area contributed by atoms with Crippen molar-refractivity contribution < 1.29 is 14.0 Å². The average molecular weight is 386 g/mol. The van der Waals surface area contributed by atoms with E-state index < -0.39 is 0 Å². The summed E-state index contributed by atoms with van der Waals surface area (Å²) in [4.78, 5) is 28.5. The highest BCUT2D eigenvalue weighted by Gasteiger charge is 2.12. The van der Waals surface area contributed by atoms with E-state index in [2.05, 4.69) is 15.6 Å². The van der Waals surface area contributed by atoms with Gasteiger partial charge in [0.25, 0.3) is 5.91 Å². The number of amides is 2. The predicted molar refractivity (Wildman–Crippen MR) is 102 cm³/mol. The number of nitrogens with zero attached hydrogens (tertiary/aromatic N) is 1. The van der Waals surface area contributed by atoms with Gasteiger partial charge >= 0.3 is 0 Å². The molecule has 2 aromatic carbocycles. The van der Waals surface area contributed by atoms with Crippen LogP contribution in [0.3, 0.4) is 0 Å². The molecule has 27 heavy (non-hydrogen) atoms. The molecule has 0 aliphatic rings. The van der Waals surface area contributed by atoms with Gasteiger partial charge in [-0.2, -0.15) is 0 Å². The Balaban J connectivity index is 1.52. The number of halogens is 2. The Bertz CT molecular complexity index is 994. The second-order valence-corrected chi connectivity index (χ2v) is 6.38. The minimum atomic E-state index is -0.380. The van der Waals surface area contributed by atoms with Crippen molar-refractivity contribution in [1.29, 1.82) is 0 Å². The van der Waals surface area contributed by atoms with E-state index in [-0.39, 0.29) is 37.1 Å². The van der Waals surface area contributed by atoms with Crippen LogP contribution in [0.25, 0.3) is 10.9 Å². The van der Waals surface area contributed by atoms with Crippen molar-refractivity contribution in [2.45, 2.75) is 6.42 Å². The summed E-state index contributed by atoms with van der Waals surface area (Å²) in [5.41, 5.74) is 1.53. The van der Waals surface area contributed by atoms with Crippen LogP contribution >= 0.6 is 11.6 Å². The fourth-order valence-electron chi connectivity index (χ4n) is 2.70. The average Bonchev–Trinajstić information content (AvgIpc) is 2.64. The second-order valence-electron chi connectivity index (χ2n) is 5.94. The molecule has 3 aromatic rings. The van der Waals surface area contributed by atoms with Crippen molar-refractivity contribution in [3.63, 3.8) is 0 Å². The van der Waals surface area contributed by atoms with E-state index >= 15 is 0 Å². The van der Waals surface area contributed by atoms with Gasteiger partial charge in [0.2, 0.25) is 5.91 Å². The van der Waals surface area contributed by atoms with Crippen LogP contribution in [0.1, 0.15) is 15.9 Å². The fraction of sp³-hybridized carbons (Fsp3) is 0.150. The molecular weight excluding hydrogens is 369 g/mol. The monoisotopic (exact) mass is 385 g/mol. The van der Waals surface area contributed by atoms with Gasteiger partial charge in [-0.15, -0.1) is 0 Å². The topological polar surface area (TPSA) is 71.1 Å². The number of carbonyl (C=O) groups excluding carboxylic acids is 2. The summed E-state index contributed by atoms with van der Waals surface area (Å²) in [7, 11) is 0. The third-order valence-corrected chi connectivity index (χ3v) is 4.12.